The number of hydrogen-bond donors (Lipinski definition) is 3. The topological polar surface area (TPSA) is 93.4 Å². The Morgan fingerprint density at radius 3 is 2.76 bits per heavy atom. The third-order valence-corrected chi connectivity index (χ3v) is 3.15. The molecule has 0 atom stereocenters. The van der Waals surface area contributed by atoms with Crippen LogP contribution in [0.15, 0.2) is 12.1 Å². The molecule has 1 fully saturated rings. The number of benzene rings is 1. The Labute approximate surface area is 121 Å². The first kappa shape index (κ1) is 15.1. The lowest BCUT2D eigenvalue weighted by molar-refractivity contribution is -0.120. The molecule has 0 bridgehead atoms. The van der Waals surface area contributed by atoms with Gasteiger partial charge in [-0.2, -0.15) is 0 Å². The van der Waals surface area contributed by atoms with Crippen molar-refractivity contribution in [2.45, 2.75) is 25.3 Å². The van der Waals surface area contributed by atoms with Crippen LogP contribution in [0.4, 0.5) is 15.8 Å². The van der Waals surface area contributed by atoms with Crippen molar-refractivity contribution in [3.63, 3.8) is 0 Å². The molecule has 0 radical (unpaired) electrons. The molecule has 0 spiro atoms. The third kappa shape index (κ3) is 4.08. The summed E-state index contributed by atoms with van der Waals surface area (Å²) in [5.41, 5.74) is 5.78. The smallest absolute Gasteiger partial charge is 0.340 e. The second-order valence-electron chi connectivity index (χ2n) is 4.93. The number of hydrogen-bond acceptors (Lipinski definition) is 5. The van der Waals surface area contributed by atoms with Gasteiger partial charge in [0.05, 0.1) is 18.4 Å². The summed E-state index contributed by atoms with van der Waals surface area (Å²) in [5.74, 6) is -1.29. The predicted octanol–water partition coefficient (Wildman–Crippen LogP) is 1.28. The second-order valence-corrected chi connectivity index (χ2v) is 4.93. The molecule has 0 aliphatic heterocycles. The zero-order chi connectivity index (χ0) is 15.4. The maximum Gasteiger partial charge on any atom is 0.340 e. The van der Waals surface area contributed by atoms with Crippen LogP contribution >= 0.6 is 0 Å². The Morgan fingerprint density at radius 2 is 2.14 bits per heavy atom. The van der Waals surface area contributed by atoms with Gasteiger partial charge in [0.2, 0.25) is 5.91 Å². The summed E-state index contributed by atoms with van der Waals surface area (Å²) in [5, 5.41) is 5.62. The fourth-order valence-electron chi connectivity index (χ4n) is 1.85. The van der Waals surface area contributed by atoms with E-state index in [1.54, 1.807) is 0 Å². The van der Waals surface area contributed by atoms with Crippen LogP contribution < -0.4 is 16.4 Å². The van der Waals surface area contributed by atoms with Gasteiger partial charge in [0.15, 0.2) is 0 Å². The van der Waals surface area contributed by atoms with Crippen LogP contribution in [0, 0.1) is 5.82 Å². The minimum atomic E-state index is -0.637. The molecule has 0 aromatic heterocycles. The van der Waals surface area contributed by atoms with Crippen LogP contribution in [0.25, 0.3) is 0 Å². The van der Waals surface area contributed by atoms with Crippen LogP contribution in [0.5, 0.6) is 0 Å². The van der Waals surface area contributed by atoms with E-state index in [1.807, 2.05) is 0 Å². The molecule has 21 heavy (non-hydrogen) atoms. The van der Waals surface area contributed by atoms with Crippen molar-refractivity contribution >= 4 is 23.3 Å². The van der Waals surface area contributed by atoms with E-state index in [-0.39, 0.29) is 35.8 Å². The second kappa shape index (κ2) is 6.43. The van der Waals surface area contributed by atoms with Crippen LogP contribution in [0.3, 0.4) is 0 Å². The summed E-state index contributed by atoms with van der Waals surface area (Å²) in [6, 6.07) is 2.64. The lowest BCUT2D eigenvalue weighted by Gasteiger charge is -2.11. The first-order valence-electron chi connectivity index (χ1n) is 6.72. The number of carbonyl (C=O) groups is 2. The van der Waals surface area contributed by atoms with E-state index in [1.165, 1.54) is 13.2 Å². The molecule has 6 nitrogen and oxygen atoms in total. The van der Waals surface area contributed by atoms with Crippen molar-refractivity contribution in [2.24, 2.45) is 0 Å². The normalized spacial score (nSPS) is 13.6. The van der Waals surface area contributed by atoms with Gasteiger partial charge in [0.25, 0.3) is 0 Å². The number of nitrogens with two attached hydrogens (primary N) is 1. The van der Waals surface area contributed by atoms with E-state index < -0.39 is 11.8 Å². The fourth-order valence-corrected chi connectivity index (χ4v) is 1.85. The SMILES string of the molecule is COC(=O)c1cc(NCCC(=O)NC2CC2)c(F)cc1N. The maximum atomic E-state index is 13.7. The molecule has 0 unspecified atom stereocenters. The van der Waals surface area contributed by atoms with Crippen molar-refractivity contribution in [1.82, 2.24) is 5.32 Å². The van der Waals surface area contributed by atoms with Gasteiger partial charge in [0.1, 0.15) is 5.82 Å². The van der Waals surface area contributed by atoms with E-state index in [0.29, 0.717) is 6.04 Å². The predicted molar refractivity (Wildman–Crippen MR) is 76.4 cm³/mol. The van der Waals surface area contributed by atoms with Gasteiger partial charge in [-0.05, 0) is 25.0 Å². The van der Waals surface area contributed by atoms with Gasteiger partial charge in [-0.15, -0.1) is 0 Å². The largest absolute Gasteiger partial charge is 0.465 e. The summed E-state index contributed by atoms with van der Waals surface area (Å²) in [6.45, 7) is 0.264. The van der Waals surface area contributed by atoms with Gasteiger partial charge in [0, 0.05) is 24.7 Å². The van der Waals surface area contributed by atoms with Gasteiger partial charge >= 0.3 is 5.97 Å². The number of nitrogen functional groups attached to an aromatic ring is 1. The molecule has 1 aliphatic rings. The van der Waals surface area contributed by atoms with Crippen LogP contribution in [-0.4, -0.2) is 31.6 Å². The van der Waals surface area contributed by atoms with Gasteiger partial charge < -0.3 is 21.1 Å². The highest BCUT2D eigenvalue weighted by Crippen LogP contribution is 2.23. The molecule has 114 valence electrons. The molecular formula is C14H18FN3O3. The van der Waals surface area contributed by atoms with Crippen molar-refractivity contribution in [1.29, 1.82) is 0 Å². The van der Waals surface area contributed by atoms with E-state index in [2.05, 4.69) is 15.4 Å². The number of amides is 1. The molecule has 0 saturated heterocycles. The average Bonchev–Trinajstić information content (AvgIpc) is 3.24. The number of rotatable bonds is 6. The monoisotopic (exact) mass is 295 g/mol. The number of anilines is 2. The molecule has 1 saturated carbocycles. The highest BCUT2D eigenvalue weighted by atomic mass is 19.1. The number of methoxy groups -OCH3 is 1. The van der Waals surface area contributed by atoms with E-state index in [0.717, 1.165) is 18.9 Å². The highest BCUT2D eigenvalue weighted by molar-refractivity contribution is 5.96. The number of ether oxygens (including phenoxy) is 1. The van der Waals surface area contributed by atoms with E-state index in [9.17, 15) is 14.0 Å². The van der Waals surface area contributed by atoms with Crippen molar-refractivity contribution in [3.05, 3.63) is 23.5 Å². The Hall–Kier alpha value is -2.31. The van der Waals surface area contributed by atoms with E-state index >= 15 is 0 Å². The quantitative estimate of drug-likeness (QED) is 0.543. The van der Waals surface area contributed by atoms with Crippen molar-refractivity contribution in [3.8, 4) is 0 Å². The van der Waals surface area contributed by atoms with Gasteiger partial charge in [-0.3, -0.25) is 4.79 Å². The molecule has 4 N–H and O–H groups in total. The zero-order valence-electron chi connectivity index (χ0n) is 11.7. The molecular weight excluding hydrogens is 277 g/mol. The molecule has 7 heteroatoms. The molecule has 1 aliphatic carbocycles. The Morgan fingerprint density at radius 1 is 1.43 bits per heavy atom. The van der Waals surface area contributed by atoms with Crippen LogP contribution in [0.1, 0.15) is 29.6 Å². The first-order valence-corrected chi connectivity index (χ1v) is 6.72. The summed E-state index contributed by atoms with van der Waals surface area (Å²) in [4.78, 5) is 23.0. The average molecular weight is 295 g/mol. The maximum absolute atomic E-state index is 13.7. The lowest BCUT2D eigenvalue weighted by Crippen LogP contribution is -2.27. The number of esters is 1. The summed E-state index contributed by atoms with van der Waals surface area (Å²) in [6.07, 6.45) is 2.27. The Bertz CT molecular complexity index is 559. The van der Waals surface area contributed by atoms with E-state index in [4.69, 9.17) is 5.73 Å². The van der Waals surface area contributed by atoms with Gasteiger partial charge in [-0.25, -0.2) is 9.18 Å². The van der Waals surface area contributed by atoms with Crippen LogP contribution in [-0.2, 0) is 9.53 Å². The van der Waals surface area contributed by atoms with Gasteiger partial charge in [-0.1, -0.05) is 0 Å². The molecule has 0 heterocycles. The minimum absolute atomic E-state index is 0.0105. The fraction of sp³-hybridized carbons (Fsp3) is 0.429. The molecule has 2 rings (SSSR count). The molecule has 1 aromatic rings. The van der Waals surface area contributed by atoms with Crippen LogP contribution in [0.2, 0.25) is 0 Å². The summed E-state index contributed by atoms with van der Waals surface area (Å²) >= 11 is 0. The zero-order valence-corrected chi connectivity index (χ0v) is 11.7. The Balaban J connectivity index is 1.95. The number of nitrogens with one attached hydrogen (secondary N) is 2. The summed E-state index contributed by atoms with van der Waals surface area (Å²) in [7, 11) is 1.22. The third-order valence-electron chi connectivity index (χ3n) is 3.15. The highest BCUT2D eigenvalue weighted by Gasteiger charge is 2.22. The first-order chi connectivity index (χ1) is 10.0. The van der Waals surface area contributed by atoms with Crippen molar-refractivity contribution in [2.75, 3.05) is 24.7 Å². The number of halogens is 1. The summed E-state index contributed by atoms with van der Waals surface area (Å²) < 4.78 is 18.3. The lowest BCUT2D eigenvalue weighted by atomic mass is 10.1. The Kier molecular flexibility index (Phi) is 4.62. The minimum Gasteiger partial charge on any atom is -0.465 e. The standard InChI is InChI=1S/C14H18FN3O3/c1-21-14(20)9-6-12(10(15)7-11(9)16)17-5-4-13(19)18-8-2-3-8/h6-8,17H,2-5,16H2,1H3,(H,18,19). The molecule has 1 aromatic carbocycles. The number of carbonyl (C=O) groups excluding carboxylic acids is 2. The molecule has 1 amide bonds. The van der Waals surface area contributed by atoms with Crippen molar-refractivity contribution < 1.29 is 18.7 Å².